The molecule has 2 aliphatic carbocycles. The fraction of sp³-hybridized carbons (Fsp3) is 1.00. The number of rotatable bonds is 0. The number of hydrogen-bond donors (Lipinski definition) is 2. The molecule has 2 aliphatic heterocycles. The fourth-order valence-corrected chi connectivity index (χ4v) is 7.34. The van der Waals surface area contributed by atoms with Crippen LogP contribution in [0.2, 0.25) is 0 Å². The van der Waals surface area contributed by atoms with Gasteiger partial charge in [0.15, 0.2) is 6.29 Å². The average Bonchev–Trinajstić information content (AvgIpc) is 3.03. The lowest BCUT2D eigenvalue weighted by Crippen LogP contribution is -2.67. The molecule has 2 heterocycles. The van der Waals surface area contributed by atoms with Crippen molar-refractivity contribution in [2.24, 2.45) is 22.7 Å². The zero-order chi connectivity index (χ0) is 17.4. The molecule has 0 aromatic heterocycles. The van der Waals surface area contributed by atoms with Gasteiger partial charge in [-0.15, -0.1) is 0 Å². The van der Waals surface area contributed by atoms with Gasteiger partial charge in [-0.05, 0) is 49.4 Å². The van der Waals surface area contributed by atoms with Crippen LogP contribution in [-0.2, 0) is 9.47 Å². The monoisotopic (exact) mass is 338 g/mol. The molecule has 2 N–H and O–H groups in total. The van der Waals surface area contributed by atoms with E-state index >= 15 is 0 Å². The smallest absolute Gasteiger partial charge is 0.184 e. The van der Waals surface area contributed by atoms with Gasteiger partial charge in [-0.2, -0.15) is 0 Å². The van der Waals surface area contributed by atoms with Crippen LogP contribution in [0.4, 0.5) is 0 Å². The molecule has 7 atom stereocenters. The number of ether oxygens (including phenoxy) is 2. The van der Waals surface area contributed by atoms with Crippen molar-refractivity contribution >= 4 is 0 Å². The Kier molecular flexibility index (Phi) is 3.73. The molecule has 4 nitrogen and oxygen atoms in total. The molecule has 2 saturated heterocycles. The van der Waals surface area contributed by atoms with Crippen LogP contribution in [0, 0.1) is 22.7 Å². The van der Waals surface area contributed by atoms with Gasteiger partial charge in [-0.25, -0.2) is 0 Å². The van der Waals surface area contributed by atoms with Crippen molar-refractivity contribution in [2.45, 2.75) is 96.2 Å². The summed E-state index contributed by atoms with van der Waals surface area (Å²) < 4.78 is 12.4. The van der Waals surface area contributed by atoms with E-state index in [1.54, 1.807) is 0 Å². The second kappa shape index (κ2) is 5.18. The molecule has 2 spiro atoms. The molecule has 4 aliphatic rings. The largest absolute Gasteiger partial charge is 0.393 e. The molecule has 0 amide bonds. The van der Waals surface area contributed by atoms with Gasteiger partial charge in [0.05, 0.1) is 18.3 Å². The standard InChI is InChI=1S/C20H34O4/c1-13-12-14(21)15-17(2,3)6-5-7-18(15,4)20(13)9-8-19(24-20)10-11-23-16(19)22/h13-16,21-22H,5-12H2,1-4H3. The van der Waals surface area contributed by atoms with Crippen LogP contribution in [0.1, 0.15) is 72.6 Å². The minimum Gasteiger partial charge on any atom is -0.393 e. The maximum absolute atomic E-state index is 11.0. The molecule has 0 aromatic rings. The predicted octanol–water partition coefficient (Wildman–Crippen LogP) is 3.25. The third-order valence-corrected chi connectivity index (χ3v) is 8.34. The van der Waals surface area contributed by atoms with E-state index < -0.39 is 11.9 Å². The lowest BCUT2D eigenvalue weighted by molar-refractivity contribution is -0.289. The molecular formula is C20H34O4. The Bertz CT molecular complexity index is 520. The third kappa shape index (κ3) is 2.00. The maximum Gasteiger partial charge on any atom is 0.184 e. The van der Waals surface area contributed by atoms with Crippen molar-refractivity contribution in [3.8, 4) is 0 Å². The quantitative estimate of drug-likeness (QED) is 0.712. The Hall–Kier alpha value is -0.160. The summed E-state index contributed by atoms with van der Waals surface area (Å²) in [5.41, 5.74) is -0.684. The van der Waals surface area contributed by atoms with E-state index in [2.05, 4.69) is 27.7 Å². The molecule has 4 fully saturated rings. The van der Waals surface area contributed by atoms with Crippen molar-refractivity contribution in [2.75, 3.05) is 6.61 Å². The van der Waals surface area contributed by atoms with Crippen molar-refractivity contribution in [3.05, 3.63) is 0 Å². The van der Waals surface area contributed by atoms with Crippen molar-refractivity contribution in [1.82, 2.24) is 0 Å². The van der Waals surface area contributed by atoms with Gasteiger partial charge in [0.25, 0.3) is 0 Å². The van der Waals surface area contributed by atoms with Gasteiger partial charge in [0.2, 0.25) is 0 Å². The fourth-order valence-electron chi connectivity index (χ4n) is 7.34. The highest BCUT2D eigenvalue weighted by Gasteiger charge is 2.70. The summed E-state index contributed by atoms with van der Waals surface area (Å²) in [6.45, 7) is 9.83. The maximum atomic E-state index is 11.0. The summed E-state index contributed by atoms with van der Waals surface area (Å²) >= 11 is 0. The van der Waals surface area contributed by atoms with E-state index in [0.29, 0.717) is 12.5 Å². The average molecular weight is 338 g/mol. The van der Waals surface area contributed by atoms with Crippen molar-refractivity contribution in [3.63, 3.8) is 0 Å². The van der Waals surface area contributed by atoms with Crippen LogP contribution in [-0.4, -0.2) is 40.4 Å². The molecule has 0 aromatic carbocycles. The predicted molar refractivity (Wildman–Crippen MR) is 91.4 cm³/mol. The number of hydrogen-bond acceptors (Lipinski definition) is 4. The van der Waals surface area contributed by atoms with E-state index in [1.165, 1.54) is 12.8 Å². The first kappa shape index (κ1) is 17.3. The Labute approximate surface area is 145 Å². The van der Waals surface area contributed by atoms with Crippen LogP contribution < -0.4 is 0 Å². The Morgan fingerprint density at radius 3 is 2.38 bits per heavy atom. The van der Waals surface area contributed by atoms with E-state index in [4.69, 9.17) is 9.47 Å². The summed E-state index contributed by atoms with van der Waals surface area (Å²) in [6.07, 6.45) is 5.86. The summed E-state index contributed by atoms with van der Waals surface area (Å²) in [5, 5.41) is 21.4. The van der Waals surface area contributed by atoms with Gasteiger partial charge >= 0.3 is 0 Å². The van der Waals surface area contributed by atoms with Crippen LogP contribution >= 0.6 is 0 Å². The molecule has 0 radical (unpaired) electrons. The molecule has 4 rings (SSSR count). The van der Waals surface area contributed by atoms with E-state index in [0.717, 1.165) is 32.1 Å². The first-order valence-electron chi connectivity index (χ1n) is 9.85. The van der Waals surface area contributed by atoms with E-state index in [9.17, 15) is 10.2 Å². The lowest BCUT2D eigenvalue weighted by Gasteiger charge is -2.65. The summed E-state index contributed by atoms with van der Waals surface area (Å²) in [5.74, 6) is 0.555. The summed E-state index contributed by atoms with van der Waals surface area (Å²) in [6, 6.07) is 0. The molecule has 0 bridgehead atoms. The molecule has 4 heteroatoms. The zero-order valence-electron chi connectivity index (χ0n) is 15.7. The first-order valence-corrected chi connectivity index (χ1v) is 9.85. The van der Waals surface area contributed by atoms with Gasteiger partial charge in [0.1, 0.15) is 5.60 Å². The molecular weight excluding hydrogens is 304 g/mol. The summed E-state index contributed by atoms with van der Waals surface area (Å²) in [7, 11) is 0. The highest BCUT2D eigenvalue weighted by atomic mass is 16.7. The number of aliphatic hydroxyl groups is 2. The van der Waals surface area contributed by atoms with Crippen molar-refractivity contribution < 1.29 is 19.7 Å². The van der Waals surface area contributed by atoms with E-state index in [-0.39, 0.29) is 28.5 Å². The number of fused-ring (bicyclic) bond motifs is 2. The highest BCUT2D eigenvalue weighted by Crippen LogP contribution is 2.68. The van der Waals surface area contributed by atoms with Gasteiger partial charge in [-0.1, -0.05) is 34.1 Å². The summed E-state index contributed by atoms with van der Waals surface area (Å²) in [4.78, 5) is 0. The Morgan fingerprint density at radius 2 is 1.71 bits per heavy atom. The second-order valence-corrected chi connectivity index (χ2v) is 9.97. The Morgan fingerprint density at radius 1 is 0.958 bits per heavy atom. The zero-order valence-corrected chi connectivity index (χ0v) is 15.7. The van der Waals surface area contributed by atoms with E-state index in [1.807, 2.05) is 0 Å². The third-order valence-electron chi connectivity index (χ3n) is 8.34. The molecule has 2 saturated carbocycles. The molecule has 138 valence electrons. The van der Waals surface area contributed by atoms with Crippen molar-refractivity contribution in [1.29, 1.82) is 0 Å². The van der Waals surface area contributed by atoms with Crippen LogP contribution in [0.25, 0.3) is 0 Å². The molecule has 24 heavy (non-hydrogen) atoms. The van der Waals surface area contributed by atoms with Gasteiger partial charge in [-0.3, -0.25) is 0 Å². The second-order valence-electron chi connectivity index (χ2n) is 9.97. The number of aliphatic hydroxyl groups excluding tert-OH is 2. The normalized spacial score (nSPS) is 56.8. The van der Waals surface area contributed by atoms with Crippen LogP contribution in [0.15, 0.2) is 0 Å². The first-order chi connectivity index (χ1) is 11.2. The molecule has 7 unspecified atom stereocenters. The Balaban J connectivity index is 1.77. The SMILES string of the molecule is CC1CC(O)C2C(C)(C)CCCC2(C)C12CCC1(CCOC1O)O2. The topological polar surface area (TPSA) is 58.9 Å². The minimum atomic E-state index is -0.797. The minimum absolute atomic E-state index is 0.0440. The lowest BCUT2D eigenvalue weighted by atomic mass is 9.43. The van der Waals surface area contributed by atoms with Gasteiger partial charge < -0.3 is 19.7 Å². The highest BCUT2D eigenvalue weighted by molar-refractivity contribution is 5.18. The van der Waals surface area contributed by atoms with Crippen LogP contribution in [0.5, 0.6) is 0 Å². The van der Waals surface area contributed by atoms with Gasteiger partial charge in [0, 0.05) is 11.8 Å². The van der Waals surface area contributed by atoms with Crippen LogP contribution in [0.3, 0.4) is 0 Å².